The average molecular weight is 271 g/mol. The number of hydrogen-bond donors (Lipinski definition) is 1. The number of carbonyl (C=O) groups excluding carboxylic acids is 2. The van der Waals surface area contributed by atoms with E-state index in [9.17, 15) is 9.59 Å². The minimum atomic E-state index is -0.120. The molecule has 0 aliphatic rings. The first-order chi connectivity index (χ1) is 9.66. The zero-order valence-electron chi connectivity index (χ0n) is 11.4. The van der Waals surface area contributed by atoms with E-state index in [1.807, 2.05) is 10.8 Å². The molecule has 1 aromatic heterocycles. The smallest absolute Gasteiger partial charge is 0.251 e. The van der Waals surface area contributed by atoms with Crippen molar-refractivity contribution in [1.29, 1.82) is 0 Å². The van der Waals surface area contributed by atoms with Crippen molar-refractivity contribution >= 4 is 11.7 Å². The molecule has 0 saturated carbocycles. The Labute approximate surface area is 117 Å². The summed E-state index contributed by atoms with van der Waals surface area (Å²) in [5.74, 6) is -0.122. The Hall–Kier alpha value is -2.43. The van der Waals surface area contributed by atoms with Crippen molar-refractivity contribution < 1.29 is 9.59 Å². The summed E-state index contributed by atoms with van der Waals surface area (Å²) < 4.78 is 1.97. The van der Waals surface area contributed by atoms with Crippen LogP contribution in [-0.2, 0) is 6.54 Å². The molecule has 0 aliphatic carbocycles. The van der Waals surface area contributed by atoms with Crippen LogP contribution < -0.4 is 5.32 Å². The maximum absolute atomic E-state index is 11.9. The number of benzene rings is 1. The molecule has 0 radical (unpaired) electrons. The standard InChI is InChI=1S/C15H17N3O2/c1-12(19)13-3-5-14(6-4-13)15(20)17-7-2-9-18-10-8-16-11-18/h3-6,8,10-11H,2,7,9H2,1H3,(H,17,20). The predicted octanol–water partition coefficient (Wildman–Crippen LogP) is 1.91. The number of amides is 1. The highest BCUT2D eigenvalue weighted by Gasteiger charge is 2.05. The molecule has 2 aromatic rings. The van der Waals surface area contributed by atoms with Gasteiger partial charge in [-0.1, -0.05) is 12.1 Å². The van der Waals surface area contributed by atoms with E-state index < -0.39 is 0 Å². The lowest BCUT2D eigenvalue weighted by atomic mass is 10.1. The summed E-state index contributed by atoms with van der Waals surface area (Å²) in [7, 11) is 0. The molecule has 5 nitrogen and oxygen atoms in total. The molecular formula is C15H17N3O2. The Morgan fingerprint density at radius 1 is 1.20 bits per heavy atom. The fraction of sp³-hybridized carbons (Fsp3) is 0.267. The van der Waals surface area contributed by atoms with Crippen LogP contribution >= 0.6 is 0 Å². The molecule has 0 bridgehead atoms. The van der Waals surface area contributed by atoms with Gasteiger partial charge in [-0.15, -0.1) is 0 Å². The first-order valence-corrected chi connectivity index (χ1v) is 6.52. The molecule has 0 fully saturated rings. The summed E-state index contributed by atoms with van der Waals surface area (Å²) in [6.45, 7) is 2.93. The molecule has 0 unspecified atom stereocenters. The van der Waals surface area contributed by atoms with Gasteiger partial charge < -0.3 is 9.88 Å². The van der Waals surface area contributed by atoms with E-state index in [0.717, 1.165) is 13.0 Å². The first-order valence-electron chi connectivity index (χ1n) is 6.52. The molecule has 1 aromatic carbocycles. The van der Waals surface area contributed by atoms with Crippen molar-refractivity contribution in [2.24, 2.45) is 0 Å². The molecule has 104 valence electrons. The summed E-state index contributed by atoms with van der Waals surface area (Å²) in [5, 5.41) is 2.85. The zero-order valence-corrected chi connectivity index (χ0v) is 11.4. The van der Waals surface area contributed by atoms with Crippen LogP contribution in [0.25, 0.3) is 0 Å². The number of imidazole rings is 1. The van der Waals surface area contributed by atoms with Gasteiger partial charge in [-0.05, 0) is 25.5 Å². The molecule has 0 aliphatic heterocycles. The summed E-state index contributed by atoms with van der Waals surface area (Å²) in [6, 6.07) is 6.68. The van der Waals surface area contributed by atoms with Gasteiger partial charge in [0, 0.05) is 36.6 Å². The van der Waals surface area contributed by atoms with Gasteiger partial charge in [-0.2, -0.15) is 0 Å². The Bertz CT molecular complexity index is 574. The minimum Gasteiger partial charge on any atom is -0.352 e. The lowest BCUT2D eigenvalue weighted by Gasteiger charge is -2.06. The highest BCUT2D eigenvalue weighted by Crippen LogP contribution is 2.05. The van der Waals surface area contributed by atoms with Crippen molar-refractivity contribution in [2.75, 3.05) is 6.54 Å². The summed E-state index contributed by atoms with van der Waals surface area (Å²) >= 11 is 0. The Kier molecular flexibility index (Phi) is 4.65. The van der Waals surface area contributed by atoms with Crippen LogP contribution in [0.1, 0.15) is 34.1 Å². The maximum Gasteiger partial charge on any atom is 0.251 e. The molecule has 0 saturated heterocycles. The van der Waals surface area contributed by atoms with E-state index in [1.54, 1.807) is 36.8 Å². The molecule has 2 rings (SSSR count). The number of aryl methyl sites for hydroxylation is 1. The van der Waals surface area contributed by atoms with Crippen LogP contribution in [0, 0.1) is 0 Å². The van der Waals surface area contributed by atoms with Gasteiger partial charge in [0.25, 0.3) is 5.91 Å². The normalized spacial score (nSPS) is 10.2. The summed E-state index contributed by atoms with van der Waals surface area (Å²) in [6.07, 6.45) is 6.22. The first kappa shape index (κ1) is 14.0. The van der Waals surface area contributed by atoms with E-state index >= 15 is 0 Å². The van der Waals surface area contributed by atoms with Gasteiger partial charge in [0.1, 0.15) is 0 Å². The quantitative estimate of drug-likeness (QED) is 0.644. The van der Waals surface area contributed by atoms with E-state index in [2.05, 4.69) is 10.3 Å². The van der Waals surface area contributed by atoms with Crippen LogP contribution in [0.4, 0.5) is 0 Å². The second kappa shape index (κ2) is 6.65. The third kappa shape index (κ3) is 3.78. The number of aromatic nitrogens is 2. The molecule has 1 amide bonds. The number of ketones is 1. The summed E-state index contributed by atoms with van der Waals surface area (Å²) in [4.78, 5) is 27.0. The van der Waals surface area contributed by atoms with E-state index in [4.69, 9.17) is 0 Å². The van der Waals surface area contributed by atoms with Gasteiger partial charge in [0.15, 0.2) is 5.78 Å². The van der Waals surface area contributed by atoms with Crippen LogP contribution in [0.5, 0.6) is 0 Å². The Balaban J connectivity index is 1.78. The zero-order chi connectivity index (χ0) is 14.4. The lowest BCUT2D eigenvalue weighted by molar-refractivity contribution is 0.0950. The van der Waals surface area contributed by atoms with Crippen LogP contribution in [-0.4, -0.2) is 27.8 Å². The molecule has 0 atom stereocenters. The monoisotopic (exact) mass is 271 g/mol. The number of hydrogen-bond acceptors (Lipinski definition) is 3. The number of nitrogens with zero attached hydrogens (tertiary/aromatic N) is 2. The third-order valence-corrected chi connectivity index (χ3v) is 2.99. The van der Waals surface area contributed by atoms with E-state index in [0.29, 0.717) is 17.7 Å². The topological polar surface area (TPSA) is 64.0 Å². The number of nitrogens with one attached hydrogen (secondary N) is 1. The fourth-order valence-corrected chi connectivity index (χ4v) is 1.84. The molecule has 1 N–H and O–H groups in total. The second-order valence-electron chi connectivity index (χ2n) is 4.54. The van der Waals surface area contributed by atoms with Gasteiger partial charge in [-0.3, -0.25) is 9.59 Å². The fourth-order valence-electron chi connectivity index (χ4n) is 1.84. The highest BCUT2D eigenvalue weighted by atomic mass is 16.1. The Morgan fingerprint density at radius 2 is 1.90 bits per heavy atom. The van der Waals surface area contributed by atoms with Gasteiger partial charge in [0.05, 0.1) is 6.33 Å². The second-order valence-corrected chi connectivity index (χ2v) is 4.54. The van der Waals surface area contributed by atoms with E-state index in [-0.39, 0.29) is 11.7 Å². The Morgan fingerprint density at radius 3 is 2.50 bits per heavy atom. The van der Waals surface area contributed by atoms with E-state index in [1.165, 1.54) is 6.92 Å². The van der Waals surface area contributed by atoms with Crippen LogP contribution in [0.15, 0.2) is 43.0 Å². The SMILES string of the molecule is CC(=O)c1ccc(C(=O)NCCCn2ccnc2)cc1. The van der Waals surface area contributed by atoms with Crippen LogP contribution in [0.2, 0.25) is 0 Å². The lowest BCUT2D eigenvalue weighted by Crippen LogP contribution is -2.25. The average Bonchev–Trinajstić information content (AvgIpc) is 2.96. The highest BCUT2D eigenvalue weighted by molar-refractivity contribution is 5.97. The van der Waals surface area contributed by atoms with Gasteiger partial charge in [-0.25, -0.2) is 4.98 Å². The van der Waals surface area contributed by atoms with Crippen molar-refractivity contribution in [3.05, 3.63) is 54.1 Å². The molecule has 5 heteroatoms. The maximum atomic E-state index is 11.9. The van der Waals surface area contributed by atoms with Gasteiger partial charge in [0.2, 0.25) is 0 Å². The summed E-state index contributed by atoms with van der Waals surface area (Å²) in [5.41, 5.74) is 1.18. The molecular weight excluding hydrogens is 254 g/mol. The van der Waals surface area contributed by atoms with Crippen molar-refractivity contribution in [2.45, 2.75) is 19.9 Å². The van der Waals surface area contributed by atoms with Crippen LogP contribution in [0.3, 0.4) is 0 Å². The number of Topliss-reactive ketones (excluding diaryl/α,β-unsaturated/α-hetero) is 1. The van der Waals surface area contributed by atoms with Crippen molar-refractivity contribution in [3.63, 3.8) is 0 Å². The van der Waals surface area contributed by atoms with Crippen molar-refractivity contribution in [3.8, 4) is 0 Å². The number of carbonyl (C=O) groups is 2. The predicted molar refractivity (Wildman–Crippen MR) is 75.6 cm³/mol. The third-order valence-electron chi connectivity index (χ3n) is 2.99. The minimum absolute atomic E-state index is 0.00251. The molecule has 0 spiro atoms. The van der Waals surface area contributed by atoms with Gasteiger partial charge >= 0.3 is 0 Å². The molecule has 20 heavy (non-hydrogen) atoms. The largest absolute Gasteiger partial charge is 0.352 e. The molecule has 1 heterocycles. The number of rotatable bonds is 6. The van der Waals surface area contributed by atoms with Crippen molar-refractivity contribution in [1.82, 2.24) is 14.9 Å².